The highest BCUT2D eigenvalue weighted by Gasteiger charge is 2.32. The van der Waals surface area contributed by atoms with Gasteiger partial charge >= 0.3 is 0 Å². The van der Waals surface area contributed by atoms with Crippen LogP contribution in [0.3, 0.4) is 0 Å². The maximum absolute atomic E-state index is 6.14. The van der Waals surface area contributed by atoms with Gasteiger partial charge in [0, 0.05) is 13.2 Å². The Morgan fingerprint density at radius 2 is 1.68 bits per heavy atom. The molecule has 0 heterocycles. The van der Waals surface area contributed by atoms with Crippen LogP contribution < -0.4 is 4.74 Å². The number of ether oxygens (including phenoxy) is 1. The van der Waals surface area contributed by atoms with Crippen molar-refractivity contribution in [1.82, 2.24) is 0 Å². The molecule has 0 aromatic heterocycles. The first-order chi connectivity index (χ1) is 10.3. The molecular weight excluding hydrogens is 308 g/mol. The molecule has 0 bridgehead atoms. The third-order valence-corrected chi connectivity index (χ3v) is 8.59. The van der Waals surface area contributed by atoms with Crippen molar-refractivity contribution >= 4 is 21.8 Å². The zero-order valence-electron chi connectivity index (χ0n) is 15.0. The maximum atomic E-state index is 6.14. The number of hydrogen-bond acceptors (Lipinski definition) is 3. The van der Waals surface area contributed by atoms with Gasteiger partial charge in [-0.3, -0.25) is 0 Å². The van der Waals surface area contributed by atoms with Gasteiger partial charge in [0.1, 0.15) is 5.75 Å². The molecule has 0 aliphatic rings. The van der Waals surface area contributed by atoms with E-state index in [0.717, 1.165) is 19.0 Å². The molecule has 0 aliphatic heterocycles. The topological polar surface area (TPSA) is 27.7 Å². The predicted molar refractivity (Wildman–Crippen MR) is 99.2 cm³/mol. The molecule has 0 spiro atoms. The highest BCUT2D eigenvalue weighted by atomic mass is 28.4. The van der Waals surface area contributed by atoms with E-state index in [1.807, 2.05) is 12.1 Å². The molecule has 0 unspecified atom stereocenters. The summed E-state index contributed by atoms with van der Waals surface area (Å²) in [6.07, 6.45) is 0. The lowest BCUT2D eigenvalue weighted by Gasteiger charge is -2.29. The van der Waals surface area contributed by atoms with Gasteiger partial charge in [-0.25, -0.2) is 0 Å². The molecule has 0 aliphatic carbocycles. The van der Waals surface area contributed by atoms with Crippen LogP contribution in [0.25, 0.3) is 5.20 Å². The van der Waals surface area contributed by atoms with E-state index in [2.05, 4.69) is 57.9 Å². The monoisotopic (exact) mass is 338 g/mol. The van der Waals surface area contributed by atoms with Crippen molar-refractivity contribution in [2.45, 2.75) is 40.0 Å². The van der Waals surface area contributed by atoms with E-state index in [-0.39, 0.29) is 0 Å². The fraction of sp³-hybridized carbons (Fsp3) is 0.529. The first kappa shape index (κ1) is 19.2. The normalized spacial score (nSPS) is 13.3. The lowest BCUT2D eigenvalue weighted by atomic mass is 10.2. The molecule has 3 nitrogen and oxygen atoms in total. The molecule has 1 aromatic carbocycles. The quantitative estimate of drug-likeness (QED) is 0.646. The summed E-state index contributed by atoms with van der Waals surface area (Å²) in [4.78, 5) is 0. The molecule has 5 heteroatoms. The van der Waals surface area contributed by atoms with Crippen molar-refractivity contribution in [3.8, 4) is 5.75 Å². The van der Waals surface area contributed by atoms with Crippen molar-refractivity contribution in [2.75, 3.05) is 20.3 Å². The summed E-state index contributed by atoms with van der Waals surface area (Å²) in [7, 11) is -2.15. The smallest absolute Gasteiger partial charge is 0.218 e. The SMILES string of the molecule is CCO[Si](C)(C)/C=C(/c1cccc(OC)c1)[Si](C)(C)OCC. The summed E-state index contributed by atoms with van der Waals surface area (Å²) < 4.78 is 17.5. The predicted octanol–water partition coefficient (Wildman–Crippen LogP) is 4.64. The average molecular weight is 339 g/mol. The molecule has 0 atom stereocenters. The number of rotatable bonds is 8. The zero-order valence-corrected chi connectivity index (χ0v) is 17.0. The van der Waals surface area contributed by atoms with Crippen LogP contribution in [-0.2, 0) is 8.85 Å². The molecule has 0 saturated carbocycles. The Morgan fingerprint density at radius 3 is 2.23 bits per heavy atom. The van der Waals surface area contributed by atoms with Crippen LogP contribution in [0.1, 0.15) is 19.4 Å². The molecule has 0 radical (unpaired) electrons. The molecule has 22 heavy (non-hydrogen) atoms. The largest absolute Gasteiger partial charge is 0.497 e. The van der Waals surface area contributed by atoms with E-state index < -0.39 is 16.6 Å². The minimum Gasteiger partial charge on any atom is -0.497 e. The van der Waals surface area contributed by atoms with Crippen LogP contribution in [0.2, 0.25) is 26.2 Å². The average Bonchev–Trinajstić information content (AvgIpc) is 2.44. The molecular formula is C17H30O3Si2. The molecule has 1 rings (SSSR count). The Labute approximate surface area is 137 Å². The van der Waals surface area contributed by atoms with Crippen LogP contribution in [0.4, 0.5) is 0 Å². The Bertz CT molecular complexity index is 510. The molecule has 0 fully saturated rings. The number of methoxy groups -OCH3 is 1. The van der Waals surface area contributed by atoms with Crippen molar-refractivity contribution in [3.05, 3.63) is 35.5 Å². The van der Waals surface area contributed by atoms with E-state index in [1.165, 1.54) is 10.8 Å². The number of hydrogen-bond donors (Lipinski definition) is 0. The van der Waals surface area contributed by atoms with Gasteiger partial charge in [0.15, 0.2) is 0 Å². The van der Waals surface area contributed by atoms with Gasteiger partial charge in [0.25, 0.3) is 0 Å². The summed E-state index contributed by atoms with van der Waals surface area (Å²) in [6.45, 7) is 14.5. The van der Waals surface area contributed by atoms with Gasteiger partial charge in [-0.2, -0.15) is 0 Å². The van der Waals surface area contributed by atoms with Gasteiger partial charge in [-0.1, -0.05) is 17.8 Å². The maximum Gasteiger partial charge on any atom is 0.218 e. The Morgan fingerprint density at radius 1 is 1.05 bits per heavy atom. The van der Waals surface area contributed by atoms with Crippen LogP contribution >= 0.6 is 0 Å². The molecule has 0 N–H and O–H groups in total. The fourth-order valence-corrected chi connectivity index (χ4v) is 8.45. The fourth-order valence-electron chi connectivity index (χ4n) is 2.60. The second kappa shape index (κ2) is 8.10. The van der Waals surface area contributed by atoms with Crippen LogP contribution in [0.15, 0.2) is 30.0 Å². The van der Waals surface area contributed by atoms with Gasteiger partial charge in [0.2, 0.25) is 16.6 Å². The van der Waals surface area contributed by atoms with Crippen LogP contribution in [0, 0.1) is 0 Å². The summed E-state index contributed by atoms with van der Waals surface area (Å²) >= 11 is 0. The molecule has 0 saturated heterocycles. The van der Waals surface area contributed by atoms with Crippen molar-refractivity contribution < 1.29 is 13.6 Å². The summed E-state index contributed by atoms with van der Waals surface area (Å²) in [6, 6.07) is 8.24. The van der Waals surface area contributed by atoms with Crippen molar-refractivity contribution in [2.24, 2.45) is 0 Å². The highest BCUT2D eigenvalue weighted by molar-refractivity contribution is 6.93. The lowest BCUT2D eigenvalue weighted by Crippen LogP contribution is -2.37. The van der Waals surface area contributed by atoms with Gasteiger partial charge < -0.3 is 13.6 Å². The lowest BCUT2D eigenvalue weighted by molar-refractivity contribution is 0.336. The Kier molecular flexibility index (Phi) is 7.06. The van der Waals surface area contributed by atoms with Crippen molar-refractivity contribution in [1.29, 1.82) is 0 Å². The first-order valence-corrected chi connectivity index (χ1v) is 13.8. The van der Waals surface area contributed by atoms with E-state index in [4.69, 9.17) is 13.6 Å². The van der Waals surface area contributed by atoms with E-state index >= 15 is 0 Å². The van der Waals surface area contributed by atoms with Crippen molar-refractivity contribution in [3.63, 3.8) is 0 Å². The summed E-state index contributed by atoms with van der Waals surface area (Å²) in [5.41, 5.74) is 3.54. The second-order valence-corrected chi connectivity index (χ2v) is 13.9. The molecule has 1 aromatic rings. The van der Waals surface area contributed by atoms with Gasteiger partial charge in [-0.15, -0.1) is 0 Å². The Hall–Kier alpha value is -0.886. The first-order valence-electron chi connectivity index (χ1n) is 7.91. The Balaban J connectivity index is 3.36. The van der Waals surface area contributed by atoms with Gasteiger partial charge in [0.05, 0.1) is 7.11 Å². The van der Waals surface area contributed by atoms with Crippen LogP contribution in [0.5, 0.6) is 5.75 Å². The summed E-state index contributed by atoms with van der Waals surface area (Å²) in [5.74, 6) is 0.876. The third-order valence-electron chi connectivity index (χ3n) is 3.54. The summed E-state index contributed by atoms with van der Waals surface area (Å²) in [5, 5.41) is 1.30. The standard InChI is InChI=1S/C17H30O3Si2/c1-8-19-21(4,5)14-17(22(6,7)20-9-2)15-11-10-12-16(13-15)18-3/h10-14H,8-9H2,1-7H3/b17-14-. The minimum absolute atomic E-state index is 0.733. The van der Waals surface area contributed by atoms with Crippen LogP contribution in [-0.4, -0.2) is 37.0 Å². The van der Waals surface area contributed by atoms with E-state index in [0.29, 0.717) is 0 Å². The second-order valence-electron chi connectivity index (χ2n) is 6.27. The molecule has 124 valence electrons. The molecule has 0 amide bonds. The highest BCUT2D eigenvalue weighted by Crippen LogP contribution is 2.31. The van der Waals surface area contributed by atoms with E-state index in [9.17, 15) is 0 Å². The number of benzene rings is 1. The van der Waals surface area contributed by atoms with Gasteiger partial charge in [-0.05, 0) is 62.9 Å². The van der Waals surface area contributed by atoms with E-state index in [1.54, 1.807) is 7.11 Å². The zero-order chi connectivity index (χ0) is 16.8. The third kappa shape index (κ3) is 5.39. The minimum atomic E-state index is -1.99.